The van der Waals surface area contributed by atoms with Gasteiger partial charge in [0.1, 0.15) is 17.9 Å². The van der Waals surface area contributed by atoms with Gasteiger partial charge in [-0.25, -0.2) is 4.39 Å². The van der Waals surface area contributed by atoms with Crippen LogP contribution >= 0.6 is 15.9 Å². The Morgan fingerprint density at radius 2 is 1.95 bits per heavy atom. The summed E-state index contributed by atoms with van der Waals surface area (Å²) in [6.45, 7) is -0.280. The van der Waals surface area contributed by atoms with Crippen LogP contribution in [0.5, 0.6) is 5.75 Å². The van der Waals surface area contributed by atoms with E-state index in [0.717, 1.165) is 16.6 Å². The number of hydrogen-bond acceptors (Lipinski definition) is 3. The molecule has 0 aliphatic heterocycles. The first-order chi connectivity index (χ1) is 10.1. The van der Waals surface area contributed by atoms with Crippen molar-refractivity contribution in [3.05, 3.63) is 58.3 Å². The molecular formula is C15H11BrFNO3. The van der Waals surface area contributed by atoms with Crippen molar-refractivity contribution in [1.82, 2.24) is 0 Å². The van der Waals surface area contributed by atoms with Gasteiger partial charge in [-0.3, -0.25) is 9.59 Å². The van der Waals surface area contributed by atoms with Crippen molar-refractivity contribution < 1.29 is 18.7 Å². The van der Waals surface area contributed by atoms with Crippen LogP contribution in [0.1, 0.15) is 10.4 Å². The number of ether oxygens (including phenoxy) is 1. The van der Waals surface area contributed by atoms with E-state index in [9.17, 15) is 14.0 Å². The van der Waals surface area contributed by atoms with Gasteiger partial charge in [0.15, 0.2) is 6.61 Å². The summed E-state index contributed by atoms with van der Waals surface area (Å²) < 4.78 is 19.2. The minimum atomic E-state index is -0.595. The second-order valence-corrected chi connectivity index (χ2v) is 5.10. The minimum absolute atomic E-state index is 0.128. The average Bonchev–Trinajstić information content (AvgIpc) is 2.47. The molecular weight excluding hydrogens is 341 g/mol. The molecule has 0 bridgehead atoms. The molecule has 0 fully saturated rings. The molecule has 0 atom stereocenters. The highest BCUT2D eigenvalue weighted by Crippen LogP contribution is 2.16. The highest BCUT2D eigenvalue weighted by atomic mass is 79.9. The smallest absolute Gasteiger partial charge is 0.262 e. The number of rotatable bonds is 5. The van der Waals surface area contributed by atoms with E-state index in [2.05, 4.69) is 21.2 Å². The fourth-order valence-electron chi connectivity index (χ4n) is 1.61. The number of carbonyl (C=O) groups is 2. The van der Waals surface area contributed by atoms with Crippen LogP contribution in [0.2, 0.25) is 0 Å². The Bertz CT molecular complexity index is 658. The largest absolute Gasteiger partial charge is 0.484 e. The van der Waals surface area contributed by atoms with Crippen molar-refractivity contribution in [3.63, 3.8) is 0 Å². The van der Waals surface area contributed by atoms with E-state index in [1.165, 1.54) is 6.07 Å². The molecule has 4 nitrogen and oxygen atoms in total. The van der Waals surface area contributed by atoms with Crippen molar-refractivity contribution in [1.29, 1.82) is 0 Å². The first-order valence-electron chi connectivity index (χ1n) is 6.01. The number of benzene rings is 2. The Kier molecular flexibility index (Phi) is 5.05. The molecule has 2 aromatic rings. The van der Waals surface area contributed by atoms with Gasteiger partial charge in [0.2, 0.25) is 0 Å². The lowest BCUT2D eigenvalue weighted by Crippen LogP contribution is -2.20. The zero-order valence-corrected chi connectivity index (χ0v) is 12.4. The maximum Gasteiger partial charge on any atom is 0.262 e. The van der Waals surface area contributed by atoms with E-state index in [1.807, 2.05) is 0 Å². The lowest BCUT2D eigenvalue weighted by molar-refractivity contribution is -0.118. The van der Waals surface area contributed by atoms with Crippen LogP contribution in [0.3, 0.4) is 0 Å². The third-order valence-electron chi connectivity index (χ3n) is 2.53. The van der Waals surface area contributed by atoms with Gasteiger partial charge < -0.3 is 10.1 Å². The normalized spacial score (nSPS) is 10.0. The fourth-order valence-corrected chi connectivity index (χ4v) is 1.88. The van der Waals surface area contributed by atoms with Crippen LogP contribution in [-0.2, 0) is 4.79 Å². The van der Waals surface area contributed by atoms with Gasteiger partial charge in [0, 0.05) is 21.8 Å². The van der Waals surface area contributed by atoms with Gasteiger partial charge in [0.25, 0.3) is 5.91 Å². The van der Waals surface area contributed by atoms with Gasteiger partial charge in [-0.2, -0.15) is 0 Å². The molecule has 0 saturated heterocycles. The lowest BCUT2D eigenvalue weighted by atomic mass is 10.2. The summed E-state index contributed by atoms with van der Waals surface area (Å²) in [5.74, 6) is -0.847. The van der Waals surface area contributed by atoms with Crippen molar-refractivity contribution in [2.24, 2.45) is 0 Å². The van der Waals surface area contributed by atoms with Crippen LogP contribution in [0.25, 0.3) is 0 Å². The predicted molar refractivity (Wildman–Crippen MR) is 80.1 cm³/mol. The van der Waals surface area contributed by atoms with Crippen LogP contribution in [0, 0.1) is 5.82 Å². The van der Waals surface area contributed by atoms with E-state index < -0.39 is 5.82 Å². The molecule has 1 N–H and O–H groups in total. The Labute approximate surface area is 129 Å². The van der Waals surface area contributed by atoms with Gasteiger partial charge >= 0.3 is 0 Å². The number of aldehydes is 1. The summed E-state index contributed by atoms with van der Waals surface area (Å²) in [7, 11) is 0. The molecule has 0 saturated carbocycles. The van der Waals surface area contributed by atoms with Crippen molar-refractivity contribution in [3.8, 4) is 5.75 Å². The summed E-state index contributed by atoms with van der Waals surface area (Å²) in [6, 6.07) is 10.6. The molecule has 21 heavy (non-hydrogen) atoms. The van der Waals surface area contributed by atoms with Crippen molar-refractivity contribution >= 4 is 33.8 Å². The molecule has 0 radical (unpaired) electrons. The number of amides is 1. The Morgan fingerprint density at radius 1 is 1.24 bits per heavy atom. The zero-order chi connectivity index (χ0) is 15.2. The topological polar surface area (TPSA) is 55.4 Å². The summed E-state index contributed by atoms with van der Waals surface area (Å²) >= 11 is 3.29. The molecule has 2 aromatic carbocycles. The Morgan fingerprint density at radius 3 is 2.62 bits per heavy atom. The second-order valence-electron chi connectivity index (χ2n) is 4.18. The van der Waals surface area contributed by atoms with Gasteiger partial charge in [-0.1, -0.05) is 15.9 Å². The summed E-state index contributed by atoms with van der Waals surface area (Å²) in [5, 5.41) is 2.63. The number of anilines is 1. The quantitative estimate of drug-likeness (QED) is 0.839. The fraction of sp³-hybridized carbons (Fsp3) is 0.0667. The second kappa shape index (κ2) is 6.99. The van der Waals surface area contributed by atoms with Crippen LogP contribution < -0.4 is 10.1 Å². The van der Waals surface area contributed by atoms with Crippen LogP contribution in [-0.4, -0.2) is 18.8 Å². The molecule has 0 unspecified atom stereocenters. The molecule has 0 spiro atoms. The maximum absolute atomic E-state index is 13.2. The SMILES string of the molecule is O=Cc1cc(F)cc(OCC(=O)Nc2ccc(Br)cc2)c1. The standard InChI is InChI=1S/C15H11BrFNO3/c16-11-1-3-13(4-2-11)18-15(20)9-21-14-6-10(8-19)5-12(17)7-14/h1-8H,9H2,(H,18,20). The van der Waals surface area contributed by atoms with E-state index in [0.29, 0.717) is 12.0 Å². The molecule has 1 amide bonds. The van der Waals surface area contributed by atoms with Crippen molar-refractivity contribution in [2.45, 2.75) is 0 Å². The monoisotopic (exact) mass is 351 g/mol. The summed E-state index contributed by atoms with van der Waals surface area (Å²) in [5.41, 5.74) is 0.776. The van der Waals surface area contributed by atoms with Crippen LogP contribution in [0.4, 0.5) is 10.1 Å². The van der Waals surface area contributed by atoms with E-state index in [1.54, 1.807) is 24.3 Å². The molecule has 0 aromatic heterocycles. The highest BCUT2D eigenvalue weighted by molar-refractivity contribution is 9.10. The van der Waals surface area contributed by atoms with E-state index in [4.69, 9.17) is 4.74 Å². The van der Waals surface area contributed by atoms with Gasteiger partial charge in [-0.05, 0) is 36.4 Å². The third-order valence-corrected chi connectivity index (χ3v) is 3.06. The molecule has 108 valence electrons. The first-order valence-corrected chi connectivity index (χ1v) is 6.80. The van der Waals surface area contributed by atoms with E-state index in [-0.39, 0.29) is 23.8 Å². The van der Waals surface area contributed by atoms with Crippen LogP contribution in [0.15, 0.2) is 46.9 Å². The molecule has 0 heterocycles. The maximum atomic E-state index is 13.2. The molecule has 0 aliphatic rings. The predicted octanol–water partition coefficient (Wildman–Crippen LogP) is 3.42. The third kappa shape index (κ3) is 4.68. The number of nitrogens with one attached hydrogen (secondary N) is 1. The zero-order valence-electron chi connectivity index (χ0n) is 10.8. The number of hydrogen-bond donors (Lipinski definition) is 1. The first kappa shape index (κ1) is 15.2. The molecule has 6 heteroatoms. The minimum Gasteiger partial charge on any atom is -0.484 e. The van der Waals surface area contributed by atoms with E-state index >= 15 is 0 Å². The van der Waals surface area contributed by atoms with Gasteiger partial charge in [-0.15, -0.1) is 0 Å². The molecule has 0 aliphatic carbocycles. The lowest BCUT2D eigenvalue weighted by Gasteiger charge is -2.08. The number of halogens is 2. The number of carbonyl (C=O) groups excluding carboxylic acids is 2. The highest BCUT2D eigenvalue weighted by Gasteiger charge is 2.06. The molecule has 2 rings (SSSR count). The van der Waals surface area contributed by atoms with Crippen molar-refractivity contribution in [2.75, 3.05) is 11.9 Å². The Balaban J connectivity index is 1.93. The summed E-state index contributed by atoms with van der Waals surface area (Å²) in [6.07, 6.45) is 0.512. The average molecular weight is 352 g/mol. The summed E-state index contributed by atoms with van der Waals surface area (Å²) in [4.78, 5) is 22.3. The Hall–Kier alpha value is -2.21. The van der Waals surface area contributed by atoms with Gasteiger partial charge in [0.05, 0.1) is 0 Å².